The summed E-state index contributed by atoms with van der Waals surface area (Å²) >= 11 is 1.51. The number of nitrogens with one attached hydrogen (secondary N) is 2. The number of sulfonamides is 1. The number of nitrogen functional groups attached to an aromatic ring is 1. The van der Waals surface area contributed by atoms with E-state index in [1.807, 2.05) is 19.9 Å². The molecule has 0 bridgehead atoms. The van der Waals surface area contributed by atoms with Gasteiger partial charge in [-0.1, -0.05) is 12.1 Å². The third-order valence-electron chi connectivity index (χ3n) is 6.25. The Morgan fingerprint density at radius 3 is 2.33 bits per heavy atom. The first-order valence-corrected chi connectivity index (χ1v) is 15.3. The molecule has 0 saturated heterocycles. The number of rotatable bonds is 7. The van der Waals surface area contributed by atoms with Gasteiger partial charge in [-0.25, -0.2) is 32.9 Å². The second-order valence-corrected chi connectivity index (χ2v) is 13.8. The molecule has 4 N–H and O–H groups in total. The van der Waals surface area contributed by atoms with Crippen molar-refractivity contribution in [1.29, 1.82) is 0 Å². The predicted octanol–water partition coefficient (Wildman–Crippen LogP) is 5.09. The molecular formula is C27H36N6O4S2. The van der Waals surface area contributed by atoms with E-state index in [0.717, 1.165) is 35.6 Å². The average molecular weight is 573 g/mol. The molecule has 10 nitrogen and oxygen atoms in total. The predicted molar refractivity (Wildman–Crippen MR) is 153 cm³/mol. The monoisotopic (exact) mass is 572 g/mol. The number of nitrogens with zero attached hydrogens (tertiary/aromatic N) is 3. The van der Waals surface area contributed by atoms with Crippen molar-refractivity contribution in [2.24, 2.45) is 0 Å². The Kier molecular flexibility index (Phi) is 8.57. The van der Waals surface area contributed by atoms with Crippen LogP contribution in [-0.4, -0.2) is 47.1 Å². The number of amides is 1. The van der Waals surface area contributed by atoms with E-state index in [-0.39, 0.29) is 35.0 Å². The molecule has 2 aromatic heterocycles. The van der Waals surface area contributed by atoms with E-state index in [1.54, 1.807) is 51.5 Å². The lowest BCUT2D eigenvalue weighted by atomic mass is 9.86. The molecule has 0 spiro atoms. The molecule has 1 aromatic carbocycles. The second-order valence-electron chi connectivity index (χ2n) is 11.1. The van der Waals surface area contributed by atoms with Crippen molar-refractivity contribution >= 4 is 33.4 Å². The molecule has 210 valence electrons. The lowest BCUT2D eigenvalue weighted by Gasteiger charge is -2.28. The van der Waals surface area contributed by atoms with Gasteiger partial charge in [-0.15, -0.1) is 11.3 Å². The van der Waals surface area contributed by atoms with Crippen LogP contribution in [0, 0.1) is 0 Å². The number of thiazole rings is 1. The van der Waals surface area contributed by atoms with E-state index < -0.39 is 15.6 Å². The quantitative estimate of drug-likeness (QED) is 0.355. The Labute approximate surface area is 233 Å². The zero-order valence-corrected chi connectivity index (χ0v) is 24.5. The lowest BCUT2D eigenvalue weighted by Crippen LogP contribution is -2.40. The van der Waals surface area contributed by atoms with Gasteiger partial charge in [0.05, 0.1) is 20.9 Å². The normalized spacial score (nSPS) is 18.2. The van der Waals surface area contributed by atoms with Crippen molar-refractivity contribution in [3.8, 4) is 21.6 Å². The number of carbonyl (C=O) groups excluding carboxylic acids is 1. The van der Waals surface area contributed by atoms with Crippen molar-refractivity contribution in [2.45, 2.75) is 88.8 Å². The minimum absolute atomic E-state index is 0.0806. The first-order valence-electron chi connectivity index (χ1n) is 13.0. The first-order chi connectivity index (χ1) is 18.3. The molecular weight excluding hydrogens is 536 g/mol. The third-order valence-corrected chi connectivity index (χ3v) is 9.24. The largest absolute Gasteiger partial charge is 0.447 e. The Hall–Kier alpha value is -3.09. The molecule has 0 atom stereocenters. The van der Waals surface area contributed by atoms with Gasteiger partial charge >= 0.3 is 6.09 Å². The summed E-state index contributed by atoms with van der Waals surface area (Å²) in [5.74, 6) is 0.400. The summed E-state index contributed by atoms with van der Waals surface area (Å²) < 4.78 is 35.1. The number of hydrogen-bond donors (Lipinski definition) is 3. The highest BCUT2D eigenvalue weighted by molar-refractivity contribution is 7.89. The van der Waals surface area contributed by atoms with Gasteiger partial charge in [0.25, 0.3) is 0 Å². The second kappa shape index (κ2) is 11.6. The molecule has 1 amide bonds. The summed E-state index contributed by atoms with van der Waals surface area (Å²) in [6, 6.07) is 5.39. The molecule has 0 unspecified atom stereocenters. The molecule has 0 radical (unpaired) electrons. The first kappa shape index (κ1) is 28.9. The maximum absolute atomic E-state index is 13.6. The van der Waals surface area contributed by atoms with Gasteiger partial charge in [0, 0.05) is 47.2 Å². The van der Waals surface area contributed by atoms with Gasteiger partial charge in [-0.05, 0) is 71.9 Å². The topological polar surface area (TPSA) is 149 Å². The number of nitrogens with two attached hydrogens (primary N) is 1. The van der Waals surface area contributed by atoms with E-state index in [9.17, 15) is 13.2 Å². The minimum Gasteiger partial charge on any atom is -0.447 e. The Balaban J connectivity index is 1.59. The number of hydrogen-bond acceptors (Lipinski definition) is 9. The van der Waals surface area contributed by atoms with Crippen LogP contribution in [0.3, 0.4) is 0 Å². The van der Waals surface area contributed by atoms with Crippen LogP contribution >= 0.6 is 11.3 Å². The van der Waals surface area contributed by atoms with Gasteiger partial charge in [0.2, 0.25) is 16.0 Å². The number of aromatic nitrogens is 3. The lowest BCUT2D eigenvalue weighted by molar-refractivity contribution is 0.109. The molecule has 1 fully saturated rings. The smallest absolute Gasteiger partial charge is 0.407 e. The third kappa shape index (κ3) is 7.52. The van der Waals surface area contributed by atoms with Crippen molar-refractivity contribution in [2.75, 3.05) is 5.73 Å². The Morgan fingerprint density at radius 2 is 1.72 bits per heavy atom. The van der Waals surface area contributed by atoms with Crippen LogP contribution in [-0.2, 0) is 14.8 Å². The van der Waals surface area contributed by atoms with Gasteiger partial charge in [-0.2, -0.15) is 0 Å². The summed E-state index contributed by atoms with van der Waals surface area (Å²) in [5, 5.41) is 3.92. The van der Waals surface area contributed by atoms with Crippen LogP contribution < -0.4 is 15.8 Å². The molecule has 1 aliphatic carbocycles. The Bertz CT molecular complexity index is 1410. The summed E-state index contributed by atoms with van der Waals surface area (Å²) in [5.41, 5.74) is 6.88. The van der Waals surface area contributed by atoms with Crippen molar-refractivity contribution in [3.63, 3.8) is 0 Å². The molecule has 0 aliphatic heterocycles. The fourth-order valence-corrected chi connectivity index (χ4v) is 7.43. The van der Waals surface area contributed by atoms with Crippen molar-refractivity contribution in [3.05, 3.63) is 41.8 Å². The highest BCUT2D eigenvalue weighted by atomic mass is 32.2. The zero-order valence-electron chi connectivity index (χ0n) is 22.9. The number of carbonyl (C=O) groups is 1. The van der Waals surface area contributed by atoms with Crippen LogP contribution in [0.2, 0.25) is 0 Å². The number of benzene rings is 1. The summed E-state index contributed by atoms with van der Waals surface area (Å²) in [6.45, 7) is 9.07. The summed E-state index contributed by atoms with van der Waals surface area (Å²) in [6.07, 6.45) is 7.79. The highest BCUT2D eigenvalue weighted by Crippen LogP contribution is 2.40. The molecule has 1 aliphatic rings. The number of anilines is 1. The van der Waals surface area contributed by atoms with Crippen molar-refractivity contribution in [1.82, 2.24) is 25.0 Å². The van der Waals surface area contributed by atoms with Crippen LogP contribution in [0.5, 0.6) is 0 Å². The molecule has 3 aromatic rings. The van der Waals surface area contributed by atoms with Gasteiger partial charge in [0.1, 0.15) is 0 Å². The maximum atomic E-state index is 13.6. The molecule has 39 heavy (non-hydrogen) atoms. The average Bonchev–Trinajstić information content (AvgIpc) is 3.33. The molecule has 4 rings (SSSR count). The van der Waals surface area contributed by atoms with E-state index in [1.165, 1.54) is 11.3 Å². The Morgan fingerprint density at radius 1 is 1.05 bits per heavy atom. The van der Waals surface area contributed by atoms with Crippen LogP contribution in [0.15, 0.2) is 41.7 Å². The van der Waals surface area contributed by atoms with E-state index >= 15 is 0 Å². The fraction of sp³-hybridized carbons (Fsp3) is 0.481. The number of ether oxygens (including phenoxy) is 1. The van der Waals surface area contributed by atoms with E-state index in [4.69, 9.17) is 10.5 Å². The van der Waals surface area contributed by atoms with Gasteiger partial charge in [-0.3, -0.25) is 0 Å². The molecule has 2 heterocycles. The van der Waals surface area contributed by atoms with Gasteiger partial charge < -0.3 is 15.8 Å². The maximum Gasteiger partial charge on any atom is 0.407 e. The SMILES string of the molecule is CC(C)OC(=O)NC1CCC(c2ncc(-c3ccc(-c4cnc(N)nc4)cc3S(=O)(=O)NC(C)(C)C)s2)CC1. The summed E-state index contributed by atoms with van der Waals surface area (Å²) in [7, 11) is -3.87. The minimum atomic E-state index is -3.87. The zero-order chi connectivity index (χ0) is 28.4. The van der Waals surface area contributed by atoms with Gasteiger partial charge in [0.15, 0.2) is 0 Å². The number of alkyl carbamates (subject to hydrolysis) is 1. The van der Waals surface area contributed by atoms with Crippen LogP contribution in [0.4, 0.5) is 10.7 Å². The highest BCUT2D eigenvalue weighted by Gasteiger charge is 2.29. The molecule has 1 saturated carbocycles. The van der Waals surface area contributed by atoms with E-state index in [0.29, 0.717) is 16.7 Å². The van der Waals surface area contributed by atoms with E-state index in [2.05, 4.69) is 25.0 Å². The van der Waals surface area contributed by atoms with Crippen LogP contribution in [0.1, 0.15) is 71.2 Å². The fourth-order valence-electron chi connectivity index (χ4n) is 4.57. The molecule has 12 heteroatoms. The standard InChI is InChI=1S/C27H36N6O4S2/c1-16(2)37-26(34)32-20-9-6-17(7-10-20)24-29-15-22(38-24)21-11-8-18(19-13-30-25(28)31-14-19)12-23(21)39(35,36)33-27(3,4)5/h8,11-17,20,33H,6-7,9-10H2,1-5H3,(H,32,34)(H2,28,30,31). The van der Waals surface area contributed by atoms with Crippen LogP contribution in [0.25, 0.3) is 21.6 Å². The van der Waals surface area contributed by atoms with Crippen molar-refractivity contribution < 1.29 is 17.9 Å². The summed E-state index contributed by atoms with van der Waals surface area (Å²) in [4.78, 5) is 25.7.